The van der Waals surface area contributed by atoms with Crippen LogP contribution >= 0.6 is 0 Å². The molecular formula is C18H16O5. The van der Waals surface area contributed by atoms with Crippen LogP contribution in [0.1, 0.15) is 31.8 Å². The van der Waals surface area contributed by atoms with E-state index in [4.69, 9.17) is 14.2 Å². The van der Waals surface area contributed by atoms with E-state index in [-0.39, 0.29) is 13.2 Å². The molecule has 0 saturated heterocycles. The van der Waals surface area contributed by atoms with Gasteiger partial charge in [0.15, 0.2) is 0 Å². The highest BCUT2D eigenvalue weighted by atomic mass is 16.5. The molecule has 1 heterocycles. The van der Waals surface area contributed by atoms with Gasteiger partial charge in [0.05, 0.1) is 38.6 Å². The number of benzene rings is 2. The van der Waals surface area contributed by atoms with Gasteiger partial charge in [-0.05, 0) is 28.3 Å². The molecule has 3 rings (SSSR count). The monoisotopic (exact) mass is 312 g/mol. The molecule has 0 amide bonds. The second-order valence-electron chi connectivity index (χ2n) is 5.15. The topological polar surface area (TPSA) is 61.8 Å². The van der Waals surface area contributed by atoms with Crippen molar-refractivity contribution in [3.8, 4) is 11.1 Å². The van der Waals surface area contributed by atoms with Crippen LogP contribution in [0.2, 0.25) is 0 Å². The van der Waals surface area contributed by atoms with Gasteiger partial charge in [0, 0.05) is 0 Å². The quantitative estimate of drug-likeness (QED) is 0.815. The third-order valence-electron chi connectivity index (χ3n) is 3.92. The summed E-state index contributed by atoms with van der Waals surface area (Å²) in [6, 6.07) is 11.1. The summed E-state index contributed by atoms with van der Waals surface area (Å²) in [7, 11) is 2.68. The van der Waals surface area contributed by atoms with Gasteiger partial charge in [-0.15, -0.1) is 0 Å². The molecule has 23 heavy (non-hydrogen) atoms. The molecule has 0 bridgehead atoms. The van der Waals surface area contributed by atoms with Gasteiger partial charge in [-0.3, -0.25) is 0 Å². The van der Waals surface area contributed by atoms with E-state index in [0.717, 1.165) is 5.56 Å². The molecule has 5 heteroatoms. The number of rotatable bonds is 3. The van der Waals surface area contributed by atoms with Gasteiger partial charge in [0.25, 0.3) is 0 Å². The molecule has 0 fully saturated rings. The number of hydrogen-bond acceptors (Lipinski definition) is 5. The van der Waals surface area contributed by atoms with Gasteiger partial charge in [-0.1, -0.05) is 30.3 Å². The van der Waals surface area contributed by atoms with E-state index in [1.807, 2.05) is 30.3 Å². The predicted molar refractivity (Wildman–Crippen MR) is 83.1 cm³/mol. The largest absolute Gasteiger partial charge is 0.465 e. The number of esters is 2. The standard InChI is InChI=1S/C18H16O5/c1-21-17(19)13-8-12(11-6-4-3-5-7-11)16(18(20)22-2)15-10-23-9-14(13)15/h3-8H,9-10H2,1-2H3. The predicted octanol–water partition coefficient (Wildman–Crippen LogP) is 2.96. The molecule has 0 unspecified atom stereocenters. The zero-order valence-corrected chi connectivity index (χ0v) is 12.9. The third kappa shape index (κ3) is 2.59. The van der Waals surface area contributed by atoms with Crippen molar-refractivity contribution in [3.63, 3.8) is 0 Å². The van der Waals surface area contributed by atoms with Crippen molar-refractivity contribution >= 4 is 11.9 Å². The molecule has 0 spiro atoms. The van der Waals surface area contributed by atoms with Crippen LogP contribution in [0.25, 0.3) is 11.1 Å². The summed E-state index contributed by atoms with van der Waals surface area (Å²) in [5, 5.41) is 0. The maximum absolute atomic E-state index is 12.3. The van der Waals surface area contributed by atoms with Crippen molar-refractivity contribution in [2.24, 2.45) is 0 Å². The molecule has 5 nitrogen and oxygen atoms in total. The van der Waals surface area contributed by atoms with Gasteiger partial charge in [-0.25, -0.2) is 9.59 Å². The van der Waals surface area contributed by atoms with Crippen LogP contribution in [0, 0.1) is 0 Å². The Balaban J connectivity index is 2.32. The van der Waals surface area contributed by atoms with Gasteiger partial charge in [0.2, 0.25) is 0 Å². The van der Waals surface area contributed by atoms with Crippen molar-refractivity contribution in [3.05, 3.63) is 58.7 Å². The molecule has 118 valence electrons. The smallest absolute Gasteiger partial charge is 0.338 e. The summed E-state index contributed by atoms with van der Waals surface area (Å²) in [6.07, 6.45) is 0. The summed E-state index contributed by atoms with van der Waals surface area (Å²) in [6.45, 7) is 0.545. The maximum Gasteiger partial charge on any atom is 0.338 e. The molecule has 0 aliphatic carbocycles. The van der Waals surface area contributed by atoms with E-state index in [0.29, 0.717) is 27.8 Å². The molecule has 2 aromatic rings. The van der Waals surface area contributed by atoms with Crippen molar-refractivity contribution in [2.45, 2.75) is 13.2 Å². The van der Waals surface area contributed by atoms with E-state index < -0.39 is 11.9 Å². The Kier molecular flexibility index (Phi) is 4.12. The molecule has 0 N–H and O–H groups in total. The minimum absolute atomic E-state index is 0.268. The lowest BCUT2D eigenvalue weighted by Crippen LogP contribution is -2.13. The lowest BCUT2D eigenvalue weighted by atomic mass is 9.89. The second kappa shape index (κ2) is 6.22. The van der Waals surface area contributed by atoms with Crippen molar-refractivity contribution < 1.29 is 23.8 Å². The Bertz CT molecular complexity index is 765. The highest BCUT2D eigenvalue weighted by Crippen LogP contribution is 2.36. The minimum Gasteiger partial charge on any atom is -0.465 e. The fraction of sp³-hybridized carbons (Fsp3) is 0.222. The number of carbonyl (C=O) groups is 2. The zero-order chi connectivity index (χ0) is 16.4. The lowest BCUT2D eigenvalue weighted by molar-refractivity contribution is 0.0586. The first-order chi connectivity index (χ1) is 11.2. The van der Waals surface area contributed by atoms with E-state index in [2.05, 4.69) is 0 Å². The van der Waals surface area contributed by atoms with E-state index in [9.17, 15) is 9.59 Å². The number of ether oxygens (including phenoxy) is 3. The number of carbonyl (C=O) groups excluding carboxylic acids is 2. The molecule has 0 radical (unpaired) electrons. The third-order valence-corrected chi connectivity index (χ3v) is 3.92. The summed E-state index contributed by atoms with van der Waals surface area (Å²) in [5.41, 5.74) is 3.72. The summed E-state index contributed by atoms with van der Waals surface area (Å²) < 4.78 is 15.3. The van der Waals surface area contributed by atoms with E-state index in [1.165, 1.54) is 14.2 Å². The van der Waals surface area contributed by atoms with Crippen LogP contribution < -0.4 is 0 Å². The van der Waals surface area contributed by atoms with Gasteiger partial charge >= 0.3 is 11.9 Å². The van der Waals surface area contributed by atoms with Crippen molar-refractivity contribution in [2.75, 3.05) is 14.2 Å². The first kappa shape index (κ1) is 15.2. The van der Waals surface area contributed by atoms with Crippen LogP contribution in [0.15, 0.2) is 36.4 Å². The molecular weight excluding hydrogens is 296 g/mol. The Hall–Kier alpha value is -2.66. The first-order valence-corrected chi connectivity index (χ1v) is 7.16. The van der Waals surface area contributed by atoms with Crippen molar-refractivity contribution in [1.82, 2.24) is 0 Å². The fourth-order valence-electron chi connectivity index (χ4n) is 2.83. The lowest BCUT2D eigenvalue weighted by Gasteiger charge is -2.15. The van der Waals surface area contributed by atoms with Gasteiger partial charge < -0.3 is 14.2 Å². The number of fused-ring (bicyclic) bond motifs is 1. The van der Waals surface area contributed by atoms with E-state index >= 15 is 0 Å². The van der Waals surface area contributed by atoms with Gasteiger partial charge in [0.1, 0.15) is 0 Å². The average molecular weight is 312 g/mol. The Morgan fingerprint density at radius 3 is 2.26 bits per heavy atom. The van der Waals surface area contributed by atoms with E-state index in [1.54, 1.807) is 6.07 Å². The molecule has 0 saturated carbocycles. The van der Waals surface area contributed by atoms with Crippen LogP contribution in [-0.4, -0.2) is 26.2 Å². The molecule has 1 aliphatic rings. The Labute approximate surface area is 133 Å². The fourth-order valence-corrected chi connectivity index (χ4v) is 2.83. The van der Waals surface area contributed by atoms with Crippen LogP contribution in [0.4, 0.5) is 0 Å². The summed E-state index contributed by atoms with van der Waals surface area (Å²) in [4.78, 5) is 24.4. The van der Waals surface area contributed by atoms with Crippen molar-refractivity contribution in [1.29, 1.82) is 0 Å². The molecule has 0 aromatic heterocycles. The Morgan fingerprint density at radius 1 is 0.957 bits per heavy atom. The summed E-state index contributed by atoms with van der Waals surface area (Å²) >= 11 is 0. The Morgan fingerprint density at radius 2 is 1.61 bits per heavy atom. The summed E-state index contributed by atoms with van der Waals surface area (Å²) in [5.74, 6) is -0.887. The normalized spacial score (nSPS) is 12.6. The second-order valence-corrected chi connectivity index (χ2v) is 5.15. The van der Waals surface area contributed by atoms with Crippen LogP contribution in [-0.2, 0) is 27.4 Å². The molecule has 1 aliphatic heterocycles. The number of hydrogen-bond donors (Lipinski definition) is 0. The van der Waals surface area contributed by atoms with Crippen LogP contribution in [0.5, 0.6) is 0 Å². The minimum atomic E-state index is -0.444. The molecule has 0 atom stereocenters. The highest BCUT2D eigenvalue weighted by Gasteiger charge is 2.29. The molecule has 2 aromatic carbocycles. The maximum atomic E-state index is 12.3. The van der Waals surface area contributed by atoms with Crippen LogP contribution in [0.3, 0.4) is 0 Å². The number of methoxy groups -OCH3 is 2. The zero-order valence-electron chi connectivity index (χ0n) is 12.9. The first-order valence-electron chi connectivity index (χ1n) is 7.16. The highest BCUT2D eigenvalue weighted by molar-refractivity contribution is 6.03. The van der Waals surface area contributed by atoms with Gasteiger partial charge in [-0.2, -0.15) is 0 Å². The average Bonchev–Trinajstić information content (AvgIpc) is 3.09. The SMILES string of the molecule is COC(=O)c1cc(-c2ccccc2)c(C(=O)OC)c2c1COC2.